The number of allylic oxidation sites excluding steroid dienone is 3. The largest absolute Gasteiger partial charge is 0.387 e. The van der Waals surface area contributed by atoms with Crippen LogP contribution < -0.4 is 5.32 Å². The molecule has 0 bridgehead atoms. The Morgan fingerprint density at radius 1 is 0.542 bits per heavy atom. The zero-order chi connectivity index (χ0) is 35.4. The molecule has 0 radical (unpaired) electrons. The Labute approximate surface area is 298 Å². The molecule has 0 aliphatic rings. The molecule has 48 heavy (non-hydrogen) atoms. The van der Waals surface area contributed by atoms with Crippen LogP contribution in [0.15, 0.2) is 24.3 Å². The highest BCUT2D eigenvalue weighted by Crippen LogP contribution is 2.15. The van der Waals surface area contributed by atoms with Gasteiger partial charge in [-0.25, -0.2) is 0 Å². The second-order valence-corrected chi connectivity index (χ2v) is 15.8. The molecule has 7 heteroatoms. The van der Waals surface area contributed by atoms with Crippen molar-refractivity contribution in [2.45, 2.75) is 225 Å². The summed E-state index contributed by atoms with van der Waals surface area (Å²) in [6.45, 7) is 4.52. The van der Waals surface area contributed by atoms with Gasteiger partial charge in [0, 0.05) is 6.42 Å². The maximum absolute atomic E-state index is 12.5. The Bertz CT molecular complexity index is 857. The number of aliphatic hydroxyl groups is 1. The van der Waals surface area contributed by atoms with Gasteiger partial charge in [-0.2, -0.15) is 8.42 Å². The number of amides is 1. The van der Waals surface area contributed by atoms with Gasteiger partial charge in [-0.05, 0) is 44.9 Å². The number of hydrogen-bond donors (Lipinski definition) is 3. The smallest absolute Gasteiger partial charge is 0.267 e. The molecule has 0 aromatic heterocycles. The predicted molar refractivity (Wildman–Crippen MR) is 207 cm³/mol. The lowest BCUT2D eigenvalue weighted by Crippen LogP contribution is -2.46. The van der Waals surface area contributed by atoms with E-state index < -0.39 is 28.0 Å². The Morgan fingerprint density at radius 2 is 0.875 bits per heavy atom. The van der Waals surface area contributed by atoms with E-state index in [0.717, 1.165) is 44.9 Å². The molecule has 1 amide bonds. The summed E-state index contributed by atoms with van der Waals surface area (Å²) in [7, 11) is -4.34. The van der Waals surface area contributed by atoms with Crippen LogP contribution >= 0.6 is 0 Å². The minimum atomic E-state index is -4.34. The number of carbonyl (C=O) groups excluding carboxylic acids is 1. The molecule has 0 saturated carbocycles. The molecule has 2 atom stereocenters. The van der Waals surface area contributed by atoms with Crippen molar-refractivity contribution in [2.24, 2.45) is 0 Å². The molecule has 3 N–H and O–H groups in total. The number of hydrogen-bond acceptors (Lipinski definition) is 4. The van der Waals surface area contributed by atoms with Crippen molar-refractivity contribution in [1.29, 1.82) is 0 Å². The highest BCUT2D eigenvalue weighted by molar-refractivity contribution is 7.85. The Kier molecular flexibility index (Phi) is 34.8. The molecule has 0 aliphatic heterocycles. The molecule has 0 rings (SSSR count). The summed E-state index contributed by atoms with van der Waals surface area (Å²) in [5, 5.41) is 13.2. The van der Waals surface area contributed by atoms with Gasteiger partial charge in [0.2, 0.25) is 5.91 Å². The normalized spacial score (nSPS) is 13.5. The van der Waals surface area contributed by atoms with Crippen molar-refractivity contribution >= 4 is 16.0 Å². The summed E-state index contributed by atoms with van der Waals surface area (Å²) in [5.41, 5.74) is 0. The molecular formula is C41H79NO5S. The third-order valence-electron chi connectivity index (χ3n) is 9.37. The lowest BCUT2D eigenvalue weighted by molar-refractivity contribution is -0.122. The third-order valence-corrected chi connectivity index (χ3v) is 10.2. The first-order valence-electron chi connectivity index (χ1n) is 20.5. The van der Waals surface area contributed by atoms with Crippen LogP contribution in [0.25, 0.3) is 0 Å². The van der Waals surface area contributed by atoms with Crippen LogP contribution in [-0.4, -0.2) is 41.9 Å². The van der Waals surface area contributed by atoms with E-state index >= 15 is 0 Å². The van der Waals surface area contributed by atoms with E-state index in [2.05, 4.69) is 31.3 Å². The minimum absolute atomic E-state index is 0.282. The van der Waals surface area contributed by atoms with Crippen molar-refractivity contribution in [3.8, 4) is 0 Å². The second kappa shape index (κ2) is 35.6. The summed E-state index contributed by atoms with van der Waals surface area (Å²) in [6.07, 6.45) is 44.4. The van der Waals surface area contributed by atoms with Crippen LogP contribution in [0, 0.1) is 0 Å². The molecule has 6 nitrogen and oxygen atoms in total. The third kappa shape index (κ3) is 36.1. The first kappa shape index (κ1) is 46.8. The molecule has 0 saturated heterocycles. The fourth-order valence-corrected chi connectivity index (χ4v) is 7.00. The molecule has 2 unspecified atom stereocenters. The van der Waals surface area contributed by atoms with Crippen LogP contribution in [0.5, 0.6) is 0 Å². The average Bonchev–Trinajstić information content (AvgIpc) is 3.05. The van der Waals surface area contributed by atoms with Gasteiger partial charge >= 0.3 is 0 Å². The molecule has 0 heterocycles. The minimum Gasteiger partial charge on any atom is -0.387 e. The van der Waals surface area contributed by atoms with Gasteiger partial charge in [-0.3, -0.25) is 9.35 Å². The molecule has 0 aromatic rings. The van der Waals surface area contributed by atoms with Gasteiger partial charge in [0.15, 0.2) is 0 Å². The number of aliphatic hydroxyl groups excluding tert-OH is 1. The topological polar surface area (TPSA) is 104 Å². The number of rotatable bonds is 37. The quantitative estimate of drug-likeness (QED) is 0.0340. The predicted octanol–water partition coefficient (Wildman–Crippen LogP) is 12.0. The van der Waals surface area contributed by atoms with Crippen LogP contribution in [0.2, 0.25) is 0 Å². The lowest BCUT2D eigenvalue weighted by Gasteiger charge is -2.21. The van der Waals surface area contributed by atoms with Gasteiger partial charge in [0.25, 0.3) is 10.1 Å². The van der Waals surface area contributed by atoms with Crippen molar-refractivity contribution in [3.63, 3.8) is 0 Å². The van der Waals surface area contributed by atoms with E-state index in [-0.39, 0.29) is 5.91 Å². The summed E-state index contributed by atoms with van der Waals surface area (Å²) in [5.74, 6) is -0.979. The molecule has 0 spiro atoms. The fraction of sp³-hybridized carbons (Fsp3) is 0.878. The average molecular weight is 698 g/mol. The van der Waals surface area contributed by atoms with E-state index in [9.17, 15) is 22.9 Å². The first-order chi connectivity index (χ1) is 23.3. The first-order valence-corrected chi connectivity index (χ1v) is 22.1. The van der Waals surface area contributed by atoms with E-state index in [1.165, 1.54) is 148 Å². The Morgan fingerprint density at radius 3 is 1.25 bits per heavy atom. The lowest BCUT2D eigenvalue weighted by atomic mass is 10.0. The maximum atomic E-state index is 12.5. The summed E-state index contributed by atoms with van der Waals surface area (Å²) < 4.78 is 32.5. The van der Waals surface area contributed by atoms with Crippen LogP contribution in [0.4, 0.5) is 0 Å². The van der Waals surface area contributed by atoms with Gasteiger partial charge in [-0.15, -0.1) is 0 Å². The zero-order valence-electron chi connectivity index (χ0n) is 31.6. The number of unbranched alkanes of at least 4 members (excludes halogenated alkanes) is 27. The van der Waals surface area contributed by atoms with Crippen molar-refractivity contribution in [2.75, 3.05) is 5.75 Å². The van der Waals surface area contributed by atoms with Crippen LogP contribution in [-0.2, 0) is 14.9 Å². The molecule has 284 valence electrons. The van der Waals surface area contributed by atoms with Gasteiger partial charge in [0.05, 0.1) is 17.9 Å². The SMILES string of the molecule is CCCCCCCC/C=C\CCCCCCCCCC(=O)NC(CS(=O)(=O)O)C(O)/C=C/CCCCCCCCCCCCCCCC. The van der Waals surface area contributed by atoms with E-state index in [1.807, 2.05) is 6.08 Å². The van der Waals surface area contributed by atoms with Crippen molar-refractivity contribution in [1.82, 2.24) is 5.32 Å². The number of carbonyl (C=O) groups is 1. The zero-order valence-corrected chi connectivity index (χ0v) is 32.4. The molecule has 0 fully saturated rings. The highest BCUT2D eigenvalue weighted by atomic mass is 32.2. The maximum Gasteiger partial charge on any atom is 0.267 e. The second-order valence-electron chi connectivity index (χ2n) is 14.3. The molecule has 0 aliphatic carbocycles. The monoisotopic (exact) mass is 698 g/mol. The van der Waals surface area contributed by atoms with Crippen molar-refractivity contribution < 1.29 is 22.9 Å². The van der Waals surface area contributed by atoms with Gasteiger partial charge in [0.1, 0.15) is 0 Å². The fourth-order valence-electron chi connectivity index (χ4n) is 6.27. The van der Waals surface area contributed by atoms with E-state index in [4.69, 9.17) is 0 Å². The van der Waals surface area contributed by atoms with Crippen LogP contribution in [0.1, 0.15) is 213 Å². The van der Waals surface area contributed by atoms with Gasteiger partial charge in [-0.1, -0.05) is 186 Å². The summed E-state index contributed by atoms with van der Waals surface area (Å²) >= 11 is 0. The Hall–Kier alpha value is -1.18. The standard InChI is InChI=1S/C41H79NO5S/c1-3-5-7-9-11-13-15-17-19-21-23-25-27-29-31-33-35-37-41(44)42-39(38-48(45,46)47)40(43)36-34-32-30-28-26-24-22-20-18-16-14-12-10-8-6-4-2/h17,19,34,36,39-40,43H,3-16,18,20-33,35,37-38H2,1-2H3,(H,42,44)(H,45,46,47)/b19-17-,36-34+. The molecular weight excluding hydrogens is 619 g/mol. The van der Waals surface area contributed by atoms with E-state index in [0.29, 0.717) is 6.42 Å². The number of nitrogens with one attached hydrogen (secondary N) is 1. The summed E-state index contributed by atoms with van der Waals surface area (Å²) in [4.78, 5) is 12.5. The summed E-state index contributed by atoms with van der Waals surface area (Å²) in [6, 6.07) is -1.06. The highest BCUT2D eigenvalue weighted by Gasteiger charge is 2.24. The van der Waals surface area contributed by atoms with Crippen LogP contribution in [0.3, 0.4) is 0 Å². The van der Waals surface area contributed by atoms with E-state index in [1.54, 1.807) is 6.08 Å². The van der Waals surface area contributed by atoms with Gasteiger partial charge < -0.3 is 10.4 Å². The Balaban J connectivity index is 3.92. The van der Waals surface area contributed by atoms with Crippen molar-refractivity contribution in [3.05, 3.63) is 24.3 Å². The molecule has 0 aromatic carbocycles.